The number of aromatic amines is 1. The lowest BCUT2D eigenvalue weighted by Gasteiger charge is -2.18. The molecule has 0 aliphatic carbocycles. The second-order valence-corrected chi connectivity index (χ2v) is 5.70. The molecular weight excluding hydrogens is 252 g/mol. The minimum absolute atomic E-state index is 0.166. The van der Waals surface area contributed by atoms with Crippen LogP contribution in [0.3, 0.4) is 0 Å². The predicted octanol–water partition coefficient (Wildman–Crippen LogP) is 2.74. The molecule has 2 rings (SSSR count). The second kappa shape index (κ2) is 5.94. The fourth-order valence-corrected chi connectivity index (χ4v) is 2.18. The third kappa shape index (κ3) is 3.29. The number of nitrogens with two attached hydrogens (primary N) is 1. The molecule has 5 heteroatoms. The highest BCUT2D eigenvalue weighted by Gasteiger charge is 2.09. The van der Waals surface area contributed by atoms with Crippen molar-refractivity contribution in [1.29, 1.82) is 0 Å². The van der Waals surface area contributed by atoms with Crippen molar-refractivity contribution in [2.24, 2.45) is 5.92 Å². The first kappa shape index (κ1) is 14.4. The molecule has 1 heterocycles. The summed E-state index contributed by atoms with van der Waals surface area (Å²) in [7, 11) is 0. The molecule has 1 atom stereocenters. The molecule has 0 amide bonds. The van der Waals surface area contributed by atoms with Gasteiger partial charge in [0.05, 0.1) is 28.6 Å². The smallest absolute Gasteiger partial charge is 0.258 e. The number of fused-ring (bicyclic) bond motifs is 1. The Labute approximate surface area is 118 Å². The average molecular weight is 274 g/mol. The zero-order valence-electron chi connectivity index (χ0n) is 12.2. The Morgan fingerprint density at radius 3 is 2.75 bits per heavy atom. The van der Waals surface area contributed by atoms with Crippen LogP contribution in [-0.4, -0.2) is 16.0 Å². The summed E-state index contributed by atoms with van der Waals surface area (Å²) in [5.41, 5.74) is 7.92. The second-order valence-electron chi connectivity index (χ2n) is 5.70. The monoisotopic (exact) mass is 274 g/mol. The van der Waals surface area contributed by atoms with Crippen molar-refractivity contribution < 1.29 is 0 Å². The number of anilines is 2. The van der Waals surface area contributed by atoms with Crippen molar-refractivity contribution in [3.8, 4) is 0 Å². The van der Waals surface area contributed by atoms with E-state index in [2.05, 4.69) is 36.1 Å². The summed E-state index contributed by atoms with van der Waals surface area (Å²) in [5, 5.41) is 3.92. The summed E-state index contributed by atoms with van der Waals surface area (Å²) in [6, 6.07) is 3.85. The number of nitrogen functional groups attached to an aromatic ring is 1. The van der Waals surface area contributed by atoms with Gasteiger partial charge in [0.15, 0.2) is 0 Å². The molecule has 0 saturated heterocycles. The quantitative estimate of drug-likeness (QED) is 0.732. The van der Waals surface area contributed by atoms with Crippen molar-refractivity contribution in [1.82, 2.24) is 9.97 Å². The van der Waals surface area contributed by atoms with E-state index < -0.39 is 0 Å². The normalized spacial score (nSPS) is 12.8. The summed E-state index contributed by atoms with van der Waals surface area (Å²) < 4.78 is 0. The molecule has 0 spiro atoms. The molecule has 0 aliphatic rings. The Morgan fingerprint density at radius 1 is 1.30 bits per heavy atom. The van der Waals surface area contributed by atoms with Gasteiger partial charge in [-0.3, -0.25) is 4.79 Å². The van der Waals surface area contributed by atoms with E-state index in [1.54, 1.807) is 6.07 Å². The maximum atomic E-state index is 11.7. The summed E-state index contributed by atoms with van der Waals surface area (Å²) in [6.07, 6.45) is 3.66. The van der Waals surface area contributed by atoms with E-state index in [-0.39, 0.29) is 5.56 Å². The third-order valence-corrected chi connectivity index (χ3v) is 3.39. The molecule has 0 radical (unpaired) electrons. The highest BCUT2D eigenvalue weighted by atomic mass is 16.1. The van der Waals surface area contributed by atoms with Crippen LogP contribution in [0, 0.1) is 5.92 Å². The Morgan fingerprint density at radius 2 is 2.05 bits per heavy atom. The van der Waals surface area contributed by atoms with Gasteiger partial charge in [0.1, 0.15) is 0 Å². The van der Waals surface area contributed by atoms with Gasteiger partial charge >= 0.3 is 0 Å². The zero-order chi connectivity index (χ0) is 14.7. The molecule has 1 aromatic heterocycles. The third-order valence-electron chi connectivity index (χ3n) is 3.39. The summed E-state index contributed by atoms with van der Waals surface area (Å²) in [5.74, 6) is 0.688. The van der Waals surface area contributed by atoms with Gasteiger partial charge in [-0.25, -0.2) is 4.98 Å². The first-order chi connectivity index (χ1) is 9.47. The lowest BCUT2D eigenvalue weighted by molar-refractivity contribution is 0.528. The molecule has 1 unspecified atom stereocenters. The SMILES string of the molecule is CC(C)CCC(C)Nc1cc2nc[nH]c(=O)c2cc1N. The molecule has 20 heavy (non-hydrogen) atoms. The molecule has 108 valence electrons. The number of nitrogens with one attached hydrogen (secondary N) is 2. The lowest BCUT2D eigenvalue weighted by atomic mass is 10.0. The number of hydrogen-bond donors (Lipinski definition) is 3. The first-order valence-corrected chi connectivity index (χ1v) is 7.01. The van der Waals surface area contributed by atoms with Crippen molar-refractivity contribution in [3.63, 3.8) is 0 Å². The van der Waals surface area contributed by atoms with E-state index in [1.807, 2.05) is 6.07 Å². The van der Waals surface area contributed by atoms with Gasteiger partial charge in [-0.05, 0) is 37.8 Å². The Bertz CT molecular complexity index is 648. The van der Waals surface area contributed by atoms with E-state index >= 15 is 0 Å². The molecular formula is C15H22N4O. The molecule has 0 aliphatic heterocycles. The number of rotatable bonds is 5. The average Bonchev–Trinajstić information content (AvgIpc) is 2.38. The van der Waals surface area contributed by atoms with Crippen LogP contribution in [-0.2, 0) is 0 Å². The van der Waals surface area contributed by atoms with Crippen molar-refractivity contribution >= 4 is 22.3 Å². The van der Waals surface area contributed by atoms with Crippen LogP contribution < -0.4 is 16.6 Å². The van der Waals surface area contributed by atoms with Gasteiger partial charge in [0.25, 0.3) is 5.56 Å². The van der Waals surface area contributed by atoms with Gasteiger partial charge in [-0.15, -0.1) is 0 Å². The van der Waals surface area contributed by atoms with Gasteiger partial charge in [0, 0.05) is 6.04 Å². The van der Waals surface area contributed by atoms with Crippen LogP contribution in [0.4, 0.5) is 11.4 Å². The summed E-state index contributed by atoms with van der Waals surface area (Å²) in [4.78, 5) is 18.4. The van der Waals surface area contributed by atoms with Crippen molar-refractivity contribution in [2.45, 2.75) is 39.7 Å². The Balaban J connectivity index is 2.22. The van der Waals surface area contributed by atoms with Crippen LogP contribution in [0.25, 0.3) is 10.9 Å². The Hall–Kier alpha value is -2.04. The van der Waals surface area contributed by atoms with E-state index in [0.717, 1.165) is 12.1 Å². The standard InChI is InChI=1S/C15H22N4O/c1-9(2)4-5-10(3)19-14-7-13-11(6-12(14)16)15(20)18-8-17-13/h6-10,19H,4-5,16H2,1-3H3,(H,17,18,20). The molecule has 2 aromatic rings. The maximum absolute atomic E-state index is 11.7. The number of benzene rings is 1. The van der Waals surface area contributed by atoms with E-state index in [9.17, 15) is 4.79 Å². The topological polar surface area (TPSA) is 83.8 Å². The molecule has 4 N–H and O–H groups in total. The molecule has 0 fully saturated rings. The highest BCUT2D eigenvalue weighted by Crippen LogP contribution is 2.24. The molecule has 0 saturated carbocycles. The van der Waals surface area contributed by atoms with Crippen LogP contribution in [0.15, 0.2) is 23.3 Å². The molecule has 1 aromatic carbocycles. The highest BCUT2D eigenvalue weighted by molar-refractivity contribution is 5.88. The first-order valence-electron chi connectivity index (χ1n) is 7.01. The largest absolute Gasteiger partial charge is 0.397 e. The van der Waals surface area contributed by atoms with E-state index in [4.69, 9.17) is 5.73 Å². The van der Waals surface area contributed by atoms with Crippen LogP contribution in [0.5, 0.6) is 0 Å². The van der Waals surface area contributed by atoms with Crippen molar-refractivity contribution in [2.75, 3.05) is 11.1 Å². The zero-order valence-corrected chi connectivity index (χ0v) is 12.2. The van der Waals surface area contributed by atoms with Gasteiger partial charge in [0.2, 0.25) is 0 Å². The van der Waals surface area contributed by atoms with E-state index in [1.165, 1.54) is 12.7 Å². The van der Waals surface area contributed by atoms with Gasteiger partial charge in [-0.2, -0.15) is 0 Å². The van der Waals surface area contributed by atoms with Gasteiger partial charge < -0.3 is 16.0 Å². The number of nitrogens with zero attached hydrogens (tertiary/aromatic N) is 1. The van der Waals surface area contributed by atoms with Crippen LogP contribution >= 0.6 is 0 Å². The summed E-state index contributed by atoms with van der Waals surface area (Å²) in [6.45, 7) is 6.57. The fraction of sp³-hybridized carbons (Fsp3) is 0.467. The van der Waals surface area contributed by atoms with E-state index in [0.29, 0.717) is 28.6 Å². The number of hydrogen-bond acceptors (Lipinski definition) is 4. The van der Waals surface area contributed by atoms with Gasteiger partial charge in [-0.1, -0.05) is 13.8 Å². The summed E-state index contributed by atoms with van der Waals surface area (Å²) >= 11 is 0. The number of H-pyrrole nitrogens is 1. The maximum Gasteiger partial charge on any atom is 0.258 e. The van der Waals surface area contributed by atoms with Crippen LogP contribution in [0.2, 0.25) is 0 Å². The Kier molecular flexibility index (Phi) is 4.27. The molecule has 5 nitrogen and oxygen atoms in total. The molecule has 0 bridgehead atoms. The van der Waals surface area contributed by atoms with Crippen LogP contribution in [0.1, 0.15) is 33.6 Å². The number of aromatic nitrogens is 2. The van der Waals surface area contributed by atoms with Crippen molar-refractivity contribution in [3.05, 3.63) is 28.8 Å². The minimum atomic E-state index is -0.166. The minimum Gasteiger partial charge on any atom is -0.397 e. The fourth-order valence-electron chi connectivity index (χ4n) is 2.18. The predicted molar refractivity (Wildman–Crippen MR) is 83.9 cm³/mol. The lowest BCUT2D eigenvalue weighted by Crippen LogP contribution is -2.17.